The van der Waals surface area contributed by atoms with Gasteiger partial charge in [-0.2, -0.15) is 0 Å². The standard InChI is InChI=1S/C16H23FN2O/c1-11-4-3-7-16(8-11)10-20-15(12(2)19-16)14-6-5-13(17)9-18-14/h5-6,9,11-12,15,19H,3-4,7-8,10H2,1-2H3. The van der Waals surface area contributed by atoms with Crippen molar-refractivity contribution in [3.05, 3.63) is 29.8 Å². The number of pyridine rings is 1. The van der Waals surface area contributed by atoms with E-state index in [4.69, 9.17) is 4.74 Å². The maximum Gasteiger partial charge on any atom is 0.141 e. The topological polar surface area (TPSA) is 34.1 Å². The Bertz CT molecular complexity index is 464. The van der Waals surface area contributed by atoms with E-state index < -0.39 is 0 Å². The zero-order valence-corrected chi connectivity index (χ0v) is 12.2. The number of morpholine rings is 1. The van der Waals surface area contributed by atoms with Crippen LogP contribution in [0.15, 0.2) is 18.3 Å². The summed E-state index contributed by atoms with van der Waals surface area (Å²) < 4.78 is 19.1. The molecule has 4 unspecified atom stereocenters. The summed E-state index contributed by atoms with van der Waals surface area (Å²) in [5.41, 5.74) is 0.943. The second-order valence-corrected chi connectivity index (χ2v) is 6.55. The predicted octanol–water partition coefficient (Wildman–Crippen LogP) is 3.22. The lowest BCUT2D eigenvalue weighted by Gasteiger charge is -2.48. The molecular formula is C16H23FN2O. The molecule has 0 bridgehead atoms. The maximum atomic E-state index is 13.0. The van der Waals surface area contributed by atoms with Crippen LogP contribution in [0, 0.1) is 11.7 Å². The van der Waals surface area contributed by atoms with Crippen LogP contribution in [-0.4, -0.2) is 23.2 Å². The predicted molar refractivity (Wildman–Crippen MR) is 75.8 cm³/mol. The molecule has 1 aliphatic heterocycles. The Kier molecular flexibility index (Phi) is 3.78. The Morgan fingerprint density at radius 1 is 1.40 bits per heavy atom. The van der Waals surface area contributed by atoms with Gasteiger partial charge in [0.05, 0.1) is 18.5 Å². The minimum atomic E-state index is -0.303. The van der Waals surface area contributed by atoms with Crippen molar-refractivity contribution in [2.75, 3.05) is 6.61 Å². The Hall–Kier alpha value is -1.00. The Morgan fingerprint density at radius 3 is 2.90 bits per heavy atom. The van der Waals surface area contributed by atoms with E-state index >= 15 is 0 Å². The first kappa shape index (κ1) is 14.0. The highest BCUT2D eigenvalue weighted by atomic mass is 19.1. The zero-order chi connectivity index (χ0) is 14.2. The van der Waals surface area contributed by atoms with E-state index in [1.807, 2.05) is 0 Å². The van der Waals surface area contributed by atoms with E-state index in [1.54, 1.807) is 6.07 Å². The van der Waals surface area contributed by atoms with E-state index in [0.29, 0.717) is 0 Å². The van der Waals surface area contributed by atoms with Crippen molar-refractivity contribution >= 4 is 0 Å². The molecule has 1 aliphatic carbocycles. The molecule has 1 spiro atoms. The van der Waals surface area contributed by atoms with Gasteiger partial charge in [-0.05, 0) is 37.8 Å². The first-order valence-corrected chi connectivity index (χ1v) is 7.59. The molecule has 110 valence electrons. The van der Waals surface area contributed by atoms with Crippen molar-refractivity contribution in [3.8, 4) is 0 Å². The third-order valence-corrected chi connectivity index (χ3v) is 4.66. The number of ether oxygens (including phenoxy) is 1. The Labute approximate surface area is 119 Å². The van der Waals surface area contributed by atoms with Gasteiger partial charge >= 0.3 is 0 Å². The van der Waals surface area contributed by atoms with Gasteiger partial charge in [-0.25, -0.2) is 4.39 Å². The molecule has 4 heteroatoms. The molecule has 3 nitrogen and oxygen atoms in total. The zero-order valence-electron chi connectivity index (χ0n) is 12.2. The molecule has 0 radical (unpaired) electrons. The number of hydrogen-bond donors (Lipinski definition) is 1. The van der Waals surface area contributed by atoms with Gasteiger partial charge in [0, 0.05) is 11.6 Å². The highest BCUT2D eigenvalue weighted by molar-refractivity contribution is 5.13. The van der Waals surface area contributed by atoms with Gasteiger partial charge in [-0.1, -0.05) is 19.8 Å². The lowest BCUT2D eigenvalue weighted by atomic mass is 9.75. The number of nitrogens with zero attached hydrogens (tertiary/aromatic N) is 1. The third-order valence-electron chi connectivity index (χ3n) is 4.66. The minimum absolute atomic E-state index is 0.0848. The van der Waals surface area contributed by atoms with Crippen molar-refractivity contribution in [1.29, 1.82) is 0 Å². The van der Waals surface area contributed by atoms with Gasteiger partial charge in [0.2, 0.25) is 0 Å². The van der Waals surface area contributed by atoms with Crippen molar-refractivity contribution in [3.63, 3.8) is 0 Å². The molecule has 0 aromatic carbocycles. The van der Waals surface area contributed by atoms with Crippen molar-refractivity contribution in [2.24, 2.45) is 5.92 Å². The molecule has 4 atom stereocenters. The normalized spacial score (nSPS) is 38.0. The van der Waals surface area contributed by atoms with Crippen molar-refractivity contribution in [2.45, 2.75) is 57.2 Å². The molecule has 20 heavy (non-hydrogen) atoms. The molecule has 2 aliphatic rings. The number of rotatable bonds is 1. The molecule has 2 fully saturated rings. The largest absolute Gasteiger partial charge is 0.368 e. The molecule has 1 saturated heterocycles. The number of nitrogens with one attached hydrogen (secondary N) is 1. The summed E-state index contributed by atoms with van der Waals surface area (Å²) in [5, 5.41) is 3.77. The number of aromatic nitrogens is 1. The first-order valence-electron chi connectivity index (χ1n) is 7.59. The fourth-order valence-corrected chi connectivity index (χ4v) is 3.81. The van der Waals surface area contributed by atoms with Crippen molar-refractivity contribution < 1.29 is 9.13 Å². The number of hydrogen-bond acceptors (Lipinski definition) is 3. The van der Waals surface area contributed by atoms with E-state index in [0.717, 1.165) is 18.2 Å². The fourth-order valence-electron chi connectivity index (χ4n) is 3.81. The van der Waals surface area contributed by atoms with Gasteiger partial charge in [0.1, 0.15) is 11.9 Å². The van der Waals surface area contributed by atoms with Gasteiger partial charge < -0.3 is 10.1 Å². The average Bonchev–Trinajstić information content (AvgIpc) is 2.40. The lowest BCUT2D eigenvalue weighted by Crippen LogP contribution is -2.60. The van der Waals surface area contributed by atoms with Crippen LogP contribution in [0.2, 0.25) is 0 Å². The quantitative estimate of drug-likeness (QED) is 0.856. The van der Waals surface area contributed by atoms with Crippen LogP contribution < -0.4 is 5.32 Å². The van der Waals surface area contributed by atoms with Crippen LogP contribution in [0.3, 0.4) is 0 Å². The Morgan fingerprint density at radius 2 is 2.25 bits per heavy atom. The SMILES string of the molecule is CC1CCCC2(COC(c3ccc(F)cn3)C(C)N2)C1. The summed E-state index contributed by atoms with van der Waals surface area (Å²) in [6, 6.07) is 3.37. The van der Waals surface area contributed by atoms with Crippen LogP contribution in [-0.2, 0) is 4.74 Å². The lowest BCUT2D eigenvalue weighted by molar-refractivity contribution is -0.0784. The van der Waals surface area contributed by atoms with Crippen LogP contribution in [0.1, 0.15) is 51.3 Å². The van der Waals surface area contributed by atoms with E-state index in [9.17, 15) is 4.39 Å². The summed E-state index contributed by atoms with van der Waals surface area (Å²) in [7, 11) is 0. The first-order chi connectivity index (χ1) is 9.58. The van der Waals surface area contributed by atoms with Gasteiger partial charge in [-0.15, -0.1) is 0 Å². The molecule has 3 rings (SSSR count). The van der Waals surface area contributed by atoms with E-state index in [-0.39, 0.29) is 23.5 Å². The summed E-state index contributed by atoms with van der Waals surface area (Å²) in [5.74, 6) is 0.454. The molecular weight excluding hydrogens is 255 g/mol. The molecule has 0 amide bonds. The van der Waals surface area contributed by atoms with Crippen LogP contribution in [0.25, 0.3) is 0 Å². The van der Waals surface area contributed by atoms with Crippen LogP contribution in [0.4, 0.5) is 4.39 Å². The molecule has 1 aromatic rings. The molecule has 2 heterocycles. The molecule has 1 N–H and O–H groups in total. The highest BCUT2D eigenvalue weighted by Gasteiger charge is 2.42. The summed E-state index contributed by atoms with van der Waals surface area (Å²) >= 11 is 0. The van der Waals surface area contributed by atoms with Gasteiger partial charge in [0.15, 0.2) is 0 Å². The second-order valence-electron chi connectivity index (χ2n) is 6.55. The minimum Gasteiger partial charge on any atom is -0.368 e. The highest BCUT2D eigenvalue weighted by Crippen LogP contribution is 2.38. The fraction of sp³-hybridized carbons (Fsp3) is 0.688. The van der Waals surface area contributed by atoms with Gasteiger partial charge in [-0.3, -0.25) is 4.98 Å². The van der Waals surface area contributed by atoms with Gasteiger partial charge in [0.25, 0.3) is 0 Å². The Balaban J connectivity index is 1.72. The van der Waals surface area contributed by atoms with E-state index in [1.165, 1.54) is 37.9 Å². The van der Waals surface area contributed by atoms with Crippen LogP contribution >= 0.6 is 0 Å². The smallest absolute Gasteiger partial charge is 0.141 e. The van der Waals surface area contributed by atoms with E-state index in [2.05, 4.69) is 24.1 Å². The molecule has 1 saturated carbocycles. The maximum absolute atomic E-state index is 13.0. The summed E-state index contributed by atoms with van der Waals surface area (Å²) in [6.07, 6.45) is 6.13. The second kappa shape index (κ2) is 5.41. The average molecular weight is 278 g/mol. The number of halogens is 1. The summed E-state index contributed by atoms with van der Waals surface area (Å²) in [6.45, 7) is 5.18. The third kappa shape index (κ3) is 2.72. The van der Waals surface area contributed by atoms with Crippen LogP contribution in [0.5, 0.6) is 0 Å². The van der Waals surface area contributed by atoms with Crippen molar-refractivity contribution in [1.82, 2.24) is 10.3 Å². The monoisotopic (exact) mass is 278 g/mol. The summed E-state index contributed by atoms with van der Waals surface area (Å²) in [4.78, 5) is 4.16. The molecule has 1 aromatic heterocycles.